The van der Waals surface area contributed by atoms with Gasteiger partial charge in [0.05, 0.1) is 79.3 Å². The zero-order chi connectivity index (χ0) is 35.1. The van der Waals surface area contributed by atoms with E-state index in [1.54, 1.807) is 0 Å². The van der Waals surface area contributed by atoms with Crippen LogP contribution in [0.1, 0.15) is 102 Å². The van der Waals surface area contributed by atoms with Crippen LogP contribution < -0.4 is 5.32 Å². The van der Waals surface area contributed by atoms with Crippen molar-refractivity contribution in [3.05, 3.63) is 35.9 Å². The number of unbranched alkanes of at least 4 members (excludes halogenated alkanes) is 12. The van der Waals surface area contributed by atoms with Crippen LogP contribution in [-0.4, -0.2) is 104 Å². The fraction of sp³-hybridized carbons (Fsp3) is 0.789. The van der Waals surface area contributed by atoms with Gasteiger partial charge in [0.25, 0.3) is 0 Å². The van der Waals surface area contributed by atoms with Gasteiger partial charge in [-0.1, -0.05) is 114 Å². The molecule has 1 N–H and O–H groups in total. The van der Waals surface area contributed by atoms with Crippen LogP contribution in [-0.2, 0) is 49.3 Å². The average Bonchev–Trinajstić information content (AvgIpc) is 3.12. The summed E-state index contributed by atoms with van der Waals surface area (Å²) in [5.74, 6) is -0.136. The van der Waals surface area contributed by atoms with Crippen molar-refractivity contribution in [2.75, 3.05) is 92.4 Å². The summed E-state index contributed by atoms with van der Waals surface area (Å²) in [6.45, 7) is 8.56. The quantitative estimate of drug-likeness (QED) is 0.0573. The van der Waals surface area contributed by atoms with Crippen LogP contribution in [0.3, 0.4) is 0 Å². The van der Waals surface area contributed by atoms with E-state index in [2.05, 4.69) is 12.2 Å². The number of benzene rings is 1. The Hall–Kier alpha value is -2.28. The Bertz CT molecular complexity index is 845. The predicted molar refractivity (Wildman–Crippen MR) is 191 cm³/mol. The number of carbonyl (C=O) groups is 2. The zero-order valence-corrected chi connectivity index (χ0v) is 30.5. The molecule has 0 heterocycles. The largest absolute Gasteiger partial charge is 0.463 e. The van der Waals surface area contributed by atoms with Crippen molar-refractivity contribution in [1.29, 1.82) is 0 Å². The summed E-state index contributed by atoms with van der Waals surface area (Å²) >= 11 is 0. The van der Waals surface area contributed by atoms with Gasteiger partial charge in [0, 0.05) is 13.0 Å². The normalized spacial score (nSPS) is 11.1. The molecule has 1 amide bonds. The number of esters is 1. The van der Waals surface area contributed by atoms with Crippen LogP contribution in [0.15, 0.2) is 30.3 Å². The molecule has 0 radical (unpaired) electrons. The van der Waals surface area contributed by atoms with Crippen LogP contribution in [0.5, 0.6) is 0 Å². The fourth-order valence-corrected chi connectivity index (χ4v) is 4.77. The third kappa shape index (κ3) is 34.0. The lowest BCUT2D eigenvalue weighted by Gasteiger charge is -2.09. The molecule has 0 aromatic heterocycles. The highest BCUT2D eigenvalue weighted by atomic mass is 16.6. The van der Waals surface area contributed by atoms with E-state index >= 15 is 0 Å². The van der Waals surface area contributed by atoms with Crippen LogP contribution in [0.4, 0.5) is 4.79 Å². The Morgan fingerprint density at radius 2 is 0.898 bits per heavy atom. The second kappa shape index (κ2) is 37.0. The van der Waals surface area contributed by atoms with Crippen molar-refractivity contribution in [2.45, 2.75) is 103 Å². The van der Waals surface area contributed by atoms with Crippen LogP contribution in [0.2, 0.25) is 0 Å². The van der Waals surface area contributed by atoms with Crippen LogP contribution in [0.25, 0.3) is 0 Å². The summed E-state index contributed by atoms with van der Waals surface area (Å²) in [6, 6.07) is 9.51. The number of nitrogens with one attached hydrogen (secondary N) is 1. The number of amides is 1. The highest BCUT2D eigenvalue weighted by Crippen LogP contribution is 2.13. The molecule has 0 atom stereocenters. The van der Waals surface area contributed by atoms with Crippen molar-refractivity contribution in [3.8, 4) is 0 Å². The topological polar surface area (TPSA) is 120 Å². The molecule has 0 aliphatic heterocycles. The standard InChI is InChI=1S/C38H67NO10/c1-2-3-4-5-6-7-8-9-10-11-12-13-17-20-37(40)48-34-33-47-32-31-46-30-29-45-28-27-44-26-25-43-24-23-42-22-21-39-38(41)49-35-36-18-15-14-16-19-36/h14-16,18-19H,2-13,17,20-35H2,1H3,(H,39,41). The van der Waals surface area contributed by atoms with Crippen LogP contribution in [0, 0.1) is 0 Å². The first-order valence-electron chi connectivity index (χ1n) is 18.8. The van der Waals surface area contributed by atoms with E-state index in [0.29, 0.717) is 92.2 Å². The maximum atomic E-state index is 11.9. The summed E-state index contributed by atoms with van der Waals surface area (Å²) in [4.78, 5) is 23.5. The molecule has 0 saturated carbocycles. The number of alkyl carbamates (subject to hydrolysis) is 1. The average molecular weight is 698 g/mol. The van der Waals surface area contributed by atoms with E-state index in [9.17, 15) is 9.59 Å². The SMILES string of the molecule is CCCCCCCCCCCCCCCC(=O)OCCOCCOCCOCCOCCOCCOCCNC(=O)OCc1ccccc1. The van der Waals surface area contributed by atoms with Crippen molar-refractivity contribution < 1.29 is 47.5 Å². The molecule has 0 aliphatic carbocycles. The second-order valence-electron chi connectivity index (χ2n) is 11.9. The zero-order valence-electron chi connectivity index (χ0n) is 30.5. The molecule has 284 valence electrons. The van der Waals surface area contributed by atoms with Gasteiger partial charge in [0.1, 0.15) is 13.2 Å². The lowest BCUT2D eigenvalue weighted by Crippen LogP contribution is -2.28. The number of carbonyl (C=O) groups excluding carboxylic acids is 2. The summed E-state index contributed by atoms with van der Waals surface area (Å²) in [5.41, 5.74) is 0.939. The molecule has 0 unspecified atom stereocenters. The molecule has 11 heteroatoms. The minimum Gasteiger partial charge on any atom is -0.463 e. The Labute approximate surface area is 296 Å². The predicted octanol–water partition coefficient (Wildman–Crippen LogP) is 7.04. The Morgan fingerprint density at radius 1 is 0.490 bits per heavy atom. The summed E-state index contributed by atoms with van der Waals surface area (Å²) in [7, 11) is 0. The third-order valence-corrected chi connectivity index (χ3v) is 7.56. The van der Waals surface area contributed by atoms with E-state index in [4.69, 9.17) is 37.9 Å². The molecule has 1 rings (SSSR count). The lowest BCUT2D eigenvalue weighted by atomic mass is 10.0. The van der Waals surface area contributed by atoms with Gasteiger partial charge in [-0.05, 0) is 12.0 Å². The molecule has 49 heavy (non-hydrogen) atoms. The van der Waals surface area contributed by atoms with E-state index < -0.39 is 6.09 Å². The first-order chi connectivity index (χ1) is 24.2. The Morgan fingerprint density at radius 3 is 1.37 bits per heavy atom. The summed E-state index contributed by atoms with van der Waals surface area (Å²) < 4.78 is 43.1. The maximum absolute atomic E-state index is 11.9. The fourth-order valence-electron chi connectivity index (χ4n) is 4.77. The molecule has 0 fully saturated rings. The Balaban J connectivity index is 1.67. The molecule has 1 aromatic carbocycles. The molecule has 0 bridgehead atoms. The first-order valence-corrected chi connectivity index (χ1v) is 18.8. The monoisotopic (exact) mass is 697 g/mol. The van der Waals surface area contributed by atoms with Gasteiger partial charge >= 0.3 is 12.1 Å². The van der Waals surface area contributed by atoms with Gasteiger partial charge in [-0.2, -0.15) is 0 Å². The van der Waals surface area contributed by atoms with E-state index in [0.717, 1.165) is 18.4 Å². The van der Waals surface area contributed by atoms with Crippen molar-refractivity contribution >= 4 is 12.1 Å². The highest BCUT2D eigenvalue weighted by molar-refractivity contribution is 5.69. The number of hydrogen-bond donors (Lipinski definition) is 1. The molecule has 0 spiro atoms. The van der Waals surface area contributed by atoms with Gasteiger partial charge in [-0.25, -0.2) is 4.79 Å². The van der Waals surface area contributed by atoms with Gasteiger partial charge in [-0.3, -0.25) is 4.79 Å². The van der Waals surface area contributed by atoms with Gasteiger partial charge < -0.3 is 43.2 Å². The number of hydrogen-bond acceptors (Lipinski definition) is 10. The highest BCUT2D eigenvalue weighted by Gasteiger charge is 2.04. The minimum absolute atomic E-state index is 0.136. The molecule has 11 nitrogen and oxygen atoms in total. The Kier molecular flexibility index (Phi) is 33.8. The van der Waals surface area contributed by atoms with Gasteiger partial charge in [-0.15, -0.1) is 0 Å². The molecule has 0 aliphatic rings. The molecular weight excluding hydrogens is 630 g/mol. The lowest BCUT2D eigenvalue weighted by molar-refractivity contribution is -0.145. The molecular formula is C38H67NO10. The summed E-state index contributed by atoms with van der Waals surface area (Å²) in [6.07, 6.45) is 16.8. The van der Waals surface area contributed by atoms with E-state index in [1.165, 1.54) is 70.6 Å². The second-order valence-corrected chi connectivity index (χ2v) is 11.9. The minimum atomic E-state index is -0.468. The van der Waals surface area contributed by atoms with Crippen LogP contribution >= 0.6 is 0 Å². The third-order valence-electron chi connectivity index (χ3n) is 7.56. The number of rotatable bonds is 37. The van der Waals surface area contributed by atoms with Gasteiger partial charge in [0.2, 0.25) is 0 Å². The molecule has 0 saturated heterocycles. The van der Waals surface area contributed by atoms with Gasteiger partial charge in [0.15, 0.2) is 0 Å². The summed E-state index contributed by atoms with van der Waals surface area (Å²) in [5, 5.41) is 2.64. The maximum Gasteiger partial charge on any atom is 0.407 e. The first kappa shape index (κ1) is 44.7. The van der Waals surface area contributed by atoms with Crippen molar-refractivity contribution in [3.63, 3.8) is 0 Å². The number of ether oxygens (including phenoxy) is 8. The smallest absolute Gasteiger partial charge is 0.407 e. The van der Waals surface area contributed by atoms with E-state index in [1.807, 2.05) is 30.3 Å². The molecule has 1 aromatic rings. The van der Waals surface area contributed by atoms with Crippen molar-refractivity contribution in [2.24, 2.45) is 0 Å². The van der Waals surface area contributed by atoms with E-state index in [-0.39, 0.29) is 19.2 Å². The van der Waals surface area contributed by atoms with Crippen molar-refractivity contribution in [1.82, 2.24) is 5.32 Å².